The largest absolute Gasteiger partial charge is 0.382 e. The second kappa shape index (κ2) is 8.60. The number of nitrogen functional groups attached to an aromatic ring is 2. The number of aromatic nitrogens is 6. The van der Waals surface area contributed by atoms with Gasteiger partial charge in [-0.3, -0.25) is 9.89 Å². The summed E-state index contributed by atoms with van der Waals surface area (Å²) in [7, 11) is 0. The molecule has 32 heavy (non-hydrogen) atoms. The van der Waals surface area contributed by atoms with Gasteiger partial charge in [0.1, 0.15) is 28.3 Å². The second-order valence-electron chi connectivity index (χ2n) is 6.92. The van der Waals surface area contributed by atoms with Crippen molar-refractivity contribution in [1.29, 1.82) is 0 Å². The number of halogens is 3. The first-order valence-electron chi connectivity index (χ1n) is 9.57. The Balaban J connectivity index is 1.97. The zero-order valence-electron chi connectivity index (χ0n) is 16.7. The summed E-state index contributed by atoms with van der Waals surface area (Å²) in [4.78, 5) is 26.0. The van der Waals surface area contributed by atoms with Gasteiger partial charge < -0.3 is 16.8 Å². The molecule has 0 amide bonds. The summed E-state index contributed by atoms with van der Waals surface area (Å²) in [6.45, 7) is 1.96. The van der Waals surface area contributed by atoms with Crippen LogP contribution in [0.25, 0.3) is 16.7 Å². The molecule has 166 valence electrons. The molecular weight excluding hydrogens is 460 g/mol. The van der Waals surface area contributed by atoms with Gasteiger partial charge in [-0.1, -0.05) is 36.5 Å². The van der Waals surface area contributed by atoms with Gasteiger partial charge in [-0.05, 0) is 18.6 Å². The fraction of sp³-hybridized carbons (Fsp3) is 0.211. The third kappa shape index (κ3) is 3.80. The molecule has 0 aliphatic heterocycles. The van der Waals surface area contributed by atoms with E-state index in [-0.39, 0.29) is 38.5 Å². The van der Waals surface area contributed by atoms with Gasteiger partial charge in [0, 0.05) is 6.07 Å². The molecule has 0 saturated heterocycles. The molecule has 0 aliphatic carbocycles. The Kier molecular flexibility index (Phi) is 5.85. The predicted octanol–water partition coefficient (Wildman–Crippen LogP) is 3.46. The van der Waals surface area contributed by atoms with E-state index in [1.807, 2.05) is 6.92 Å². The minimum atomic E-state index is -0.719. The van der Waals surface area contributed by atoms with Crippen molar-refractivity contribution in [3.05, 3.63) is 56.4 Å². The Labute approximate surface area is 190 Å². The summed E-state index contributed by atoms with van der Waals surface area (Å²) >= 11 is 12.4. The fourth-order valence-corrected chi connectivity index (χ4v) is 3.74. The number of hydrogen-bond acceptors (Lipinski definition) is 8. The number of rotatable bonds is 6. The fourth-order valence-electron chi connectivity index (χ4n) is 3.36. The summed E-state index contributed by atoms with van der Waals surface area (Å²) in [5.41, 5.74) is 11.2. The highest BCUT2D eigenvalue weighted by Gasteiger charge is 2.25. The van der Waals surface area contributed by atoms with Gasteiger partial charge >= 0.3 is 0 Å². The quantitative estimate of drug-likeness (QED) is 0.329. The summed E-state index contributed by atoms with van der Waals surface area (Å²) in [5, 5.41) is 9.54. The molecule has 0 aliphatic rings. The Morgan fingerprint density at radius 2 is 1.97 bits per heavy atom. The van der Waals surface area contributed by atoms with E-state index in [2.05, 4.69) is 30.5 Å². The SMILES string of the molecule is CCCC(Nc1nc(N)nc(N)c1Cl)c1nc2ccc(F)c(Cl)c2c(=O)n1-c1ccn[nH]1. The van der Waals surface area contributed by atoms with Crippen molar-refractivity contribution in [3.8, 4) is 5.82 Å². The van der Waals surface area contributed by atoms with Gasteiger partial charge in [0.2, 0.25) is 5.95 Å². The lowest BCUT2D eigenvalue weighted by Gasteiger charge is -2.23. The topological polar surface area (TPSA) is 153 Å². The molecule has 0 radical (unpaired) electrons. The number of nitrogens with two attached hydrogens (primary N) is 2. The number of fused-ring (bicyclic) bond motifs is 1. The molecule has 0 fully saturated rings. The third-order valence-corrected chi connectivity index (χ3v) is 5.52. The second-order valence-corrected chi connectivity index (χ2v) is 7.68. The first-order chi connectivity index (χ1) is 15.3. The van der Waals surface area contributed by atoms with E-state index in [1.165, 1.54) is 16.8 Å². The maximum Gasteiger partial charge on any atom is 0.268 e. The van der Waals surface area contributed by atoms with Crippen LogP contribution in [0.1, 0.15) is 31.6 Å². The van der Waals surface area contributed by atoms with Crippen LogP contribution in [0.4, 0.5) is 22.0 Å². The van der Waals surface area contributed by atoms with E-state index in [0.29, 0.717) is 24.5 Å². The van der Waals surface area contributed by atoms with E-state index < -0.39 is 17.4 Å². The Hall–Kier alpha value is -3.44. The van der Waals surface area contributed by atoms with Gasteiger partial charge in [-0.15, -0.1) is 0 Å². The van der Waals surface area contributed by atoms with Crippen molar-refractivity contribution in [2.75, 3.05) is 16.8 Å². The van der Waals surface area contributed by atoms with Crippen LogP contribution in [0.15, 0.2) is 29.2 Å². The summed E-state index contributed by atoms with van der Waals surface area (Å²) in [6, 6.07) is 3.58. The minimum Gasteiger partial charge on any atom is -0.382 e. The van der Waals surface area contributed by atoms with Crippen LogP contribution in [-0.2, 0) is 0 Å². The van der Waals surface area contributed by atoms with Crippen molar-refractivity contribution in [2.45, 2.75) is 25.8 Å². The highest BCUT2D eigenvalue weighted by molar-refractivity contribution is 6.35. The number of aromatic amines is 1. The number of H-pyrrole nitrogens is 1. The molecule has 4 aromatic rings. The molecule has 4 rings (SSSR count). The monoisotopic (exact) mass is 477 g/mol. The maximum absolute atomic E-state index is 14.1. The molecule has 0 bridgehead atoms. The van der Waals surface area contributed by atoms with Crippen molar-refractivity contribution in [3.63, 3.8) is 0 Å². The summed E-state index contributed by atoms with van der Waals surface area (Å²) < 4.78 is 15.4. The number of nitrogens with zero attached hydrogens (tertiary/aromatic N) is 5. The predicted molar refractivity (Wildman–Crippen MR) is 122 cm³/mol. The van der Waals surface area contributed by atoms with Gasteiger partial charge in [-0.2, -0.15) is 15.1 Å². The summed E-state index contributed by atoms with van der Waals surface area (Å²) in [5.74, 6) is 0.0566. The Bertz CT molecular complexity index is 1360. The molecule has 0 spiro atoms. The van der Waals surface area contributed by atoms with Crippen LogP contribution in [0, 0.1) is 5.82 Å². The average Bonchev–Trinajstić information content (AvgIpc) is 3.28. The van der Waals surface area contributed by atoms with Crippen molar-refractivity contribution in [1.82, 2.24) is 29.7 Å². The Morgan fingerprint density at radius 3 is 2.66 bits per heavy atom. The molecule has 13 heteroatoms. The van der Waals surface area contributed by atoms with Crippen LogP contribution in [0.3, 0.4) is 0 Å². The van der Waals surface area contributed by atoms with Crippen molar-refractivity contribution >= 4 is 51.7 Å². The van der Waals surface area contributed by atoms with E-state index >= 15 is 0 Å². The third-order valence-electron chi connectivity index (χ3n) is 4.77. The van der Waals surface area contributed by atoms with Crippen molar-refractivity contribution < 1.29 is 4.39 Å². The van der Waals surface area contributed by atoms with E-state index in [0.717, 1.165) is 6.07 Å². The van der Waals surface area contributed by atoms with Crippen molar-refractivity contribution in [2.24, 2.45) is 0 Å². The van der Waals surface area contributed by atoms with Crippen LogP contribution in [0.2, 0.25) is 10.0 Å². The summed E-state index contributed by atoms with van der Waals surface area (Å²) in [6.07, 6.45) is 2.72. The standard InChI is InChI=1S/C19H18Cl2FN9O/c1-2-3-10(26-16-14(21)15(23)28-19(24)29-16)17-27-9-5-4-8(22)13(20)12(9)18(32)31(17)11-6-7-25-30-11/h4-7,10H,2-3H2,1H3,(H,25,30)(H5,23,24,26,28,29). The smallest absolute Gasteiger partial charge is 0.268 e. The van der Waals surface area contributed by atoms with E-state index in [9.17, 15) is 9.18 Å². The molecule has 1 unspecified atom stereocenters. The zero-order valence-corrected chi connectivity index (χ0v) is 18.2. The normalized spacial score (nSPS) is 12.2. The molecule has 3 heterocycles. The molecule has 10 nitrogen and oxygen atoms in total. The zero-order chi connectivity index (χ0) is 23.0. The van der Waals surface area contributed by atoms with Crippen LogP contribution < -0.4 is 22.3 Å². The van der Waals surface area contributed by atoms with Crippen LogP contribution in [-0.4, -0.2) is 29.7 Å². The average molecular weight is 478 g/mol. The number of hydrogen-bond donors (Lipinski definition) is 4. The Morgan fingerprint density at radius 1 is 1.19 bits per heavy atom. The van der Waals surface area contributed by atoms with E-state index in [1.54, 1.807) is 6.07 Å². The highest BCUT2D eigenvalue weighted by atomic mass is 35.5. The maximum atomic E-state index is 14.1. The lowest BCUT2D eigenvalue weighted by Crippen LogP contribution is -2.29. The van der Waals surface area contributed by atoms with Gasteiger partial charge in [0.25, 0.3) is 5.56 Å². The molecule has 3 aromatic heterocycles. The molecule has 1 atom stereocenters. The number of anilines is 3. The van der Waals surface area contributed by atoms with Gasteiger partial charge in [0.15, 0.2) is 5.82 Å². The van der Waals surface area contributed by atoms with Gasteiger partial charge in [-0.25, -0.2) is 13.9 Å². The molecule has 6 N–H and O–H groups in total. The van der Waals surface area contributed by atoms with Gasteiger partial charge in [0.05, 0.1) is 28.2 Å². The minimum absolute atomic E-state index is 0.0107. The molecule has 1 aromatic carbocycles. The molecule has 0 saturated carbocycles. The first kappa shape index (κ1) is 21.8. The van der Waals surface area contributed by atoms with E-state index in [4.69, 9.17) is 34.7 Å². The van der Waals surface area contributed by atoms with Crippen LogP contribution in [0.5, 0.6) is 0 Å². The first-order valence-corrected chi connectivity index (χ1v) is 10.3. The number of benzene rings is 1. The highest BCUT2D eigenvalue weighted by Crippen LogP contribution is 2.32. The lowest BCUT2D eigenvalue weighted by atomic mass is 10.1. The lowest BCUT2D eigenvalue weighted by molar-refractivity contribution is 0.610. The number of nitrogens with one attached hydrogen (secondary N) is 2. The van der Waals surface area contributed by atoms with Crippen LogP contribution >= 0.6 is 23.2 Å². The molecular formula is C19H18Cl2FN9O.